The summed E-state index contributed by atoms with van der Waals surface area (Å²) in [6.45, 7) is 4.10. The van der Waals surface area contributed by atoms with E-state index in [-0.39, 0.29) is 5.91 Å². The molecule has 1 amide bonds. The summed E-state index contributed by atoms with van der Waals surface area (Å²) < 4.78 is 1.15. The fourth-order valence-corrected chi connectivity index (χ4v) is 3.21. The molecule has 1 aromatic heterocycles. The molecule has 126 valence electrons. The molecule has 0 aliphatic carbocycles. The molecule has 0 aliphatic rings. The third-order valence-corrected chi connectivity index (χ3v) is 4.78. The number of carbonyl (C=O) groups is 1. The maximum absolute atomic E-state index is 12.5. The Morgan fingerprint density at radius 2 is 1.84 bits per heavy atom. The van der Waals surface area contributed by atoms with Gasteiger partial charge in [0.2, 0.25) is 0 Å². The fourth-order valence-electron chi connectivity index (χ4n) is 2.56. The Morgan fingerprint density at radius 3 is 2.44 bits per heavy atom. The highest BCUT2D eigenvalue weighted by Gasteiger charge is 2.09. The van der Waals surface area contributed by atoms with Crippen molar-refractivity contribution in [2.24, 2.45) is 0 Å². The number of nitrogens with one attached hydrogen (secondary N) is 1. The number of aryl methyl sites for hydroxylation is 2. The summed E-state index contributed by atoms with van der Waals surface area (Å²) in [5, 5.41) is 2.97. The van der Waals surface area contributed by atoms with Crippen molar-refractivity contribution in [3.05, 3.63) is 81.1 Å². The Hall–Kier alpha value is -2.21. The van der Waals surface area contributed by atoms with Crippen LogP contribution >= 0.6 is 22.6 Å². The van der Waals surface area contributed by atoms with Crippen LogP contribution in [0.2, 0.25) is 0 Å². The highest BCUT2D eigenvalue weighted by molar-refractivity contribution is 14.1. The van der Waals surface area contributed by atoms with E-state index < -0.39 is 0 Å². The average molecular weight is 442 g/mol. The minimum Gasteiger partial charge on any atom is -0.322 e. The highest BCUT2D eigenvalue weighted by atomic mass is 127. The summed E-state index contributed by atoms with van der Waals surface area (Å²) in [5.41, 5.74) is 5.66. The predicted octanol–water partition coefficient (Wildman–Crippen LogP) is 5.48. The summed E-state index contributed by atoms with van der Waals surface area (Å²) in [4.78, 5) is 16.9. The molecule has 3 aromatic rings. The first-order valence-corrected chi connectivity index (χ1v) is 9.27. The smallest absolute Gasteiger partial charge is 0.255 e. The van der Waals surface area contributed by atoms with Gasteiger partial charge in [0.25, 0.3) is 5.91 Å². The van der Waals surface area contributed by atoms with Crippen molar-refractivity contribution in [2.45, 2.75) is 20.3 Å². The molecule has 0 radical (unpaired) electrons. The zero-order valence-electron chi connectivity index (χ0n) is 14.2. The van der Waals surface area contributed by atoms with Crippen molar-refractivity contribution < 1.29 is 4.79 Å². The highest BCUT2D eigenvalue weighted by Crippen LogP contribution is 2.21. The monoisotopic (exact) mass is 442 g/mol. The van der Waals surface area contributed by atoms with Crippen LogP contribution in [0, 0.1) is 10.5 Å². The third kappa shape index (κ3) is 4.25. The summed E-state index contributed by atoms with van der Waals surface area (Å²) in [6, 6.07) is 17.6. The Morgan fingerprint density at radius 1 is 1.08 bits per heavy atom. The quantitative estimate of drug-likeness (QED) is 0.544. The second kappa shape index (κ2) is 7.78. The van der Waals surface area contributed by atoms with E-state index in [1.807, 2.05) is 61.7 Å². The van der Waals surface area contributed by atoms with E-state index in [0.29, 0.717) is 5.56 Å². The molecule has 0 aliphatic heterocycles. The molecular weight excluding hydrogens is 423 g/mol. The largest absolute Gasteiger partial charge is 0.322 e. The van der Waals surface area contributed by atoms with E-state index in [4.69, 9.17) is 0 Å². The second-order valence-electron chi connectivity index (χ2n) is 5.90. The topological polar surface area (TPSA) is 42.0 Å². The van der Waals surface area contributed by atoms with Crippen molar-refractivity contribution in [3.63, 3.8) is 0 Å². The number of carbonyl (C=O) groups excluding carboxylic acids is 1. The van der Waals surface area contributed by atoms with Crippen LogP contribution in [0.5, 0.6) is 0 Å². The number of nitrogens with zero attached hydrogens (tertiary/aromatic N) is 1. The molecule has 0 saturated heterocycles. The normalized spacial score (nSPS) is 10.5. The summed E-state index contributed by atoms with van der Waals surface area (Å²) >= 11 is 2.26. The van der Waals surface area contributed by atoms with E-state index in [0.717, 1.165) is 32.5 Å². The van der Waals surface area contributed by atoms with Gasteiger partial charge in [0.05, 0.1) is 5.69 Å². The number of halogens is 1. The van der Waals surface area contributed by atoms with Crippen molar-refractivity contribution in [3.8, 4) is 11.3 Å². The molecule has 0 spiro atoms. The number of pyridine rings is 1. The predicted molar refractivity (Wildman–Crippen MR) is 111 cm³/mol. The standard InChI is InChI=1S/C21H19IN2O/c1-3-15-4-10-20(23-13-15)16-5-7-17(8-6-16)21(25)24-19-11-9-18(22)12-14(19)2/h4-13H,3H2,1-2H3,(H,24,25). The molecule has 2 aromatic carbocycles. The Bertz CT molecular complexity index is 887. The fraction of sp³-hybridized carbons (Fsp3) is 0.143. The van der Waals surface area contributed by atoms with Crippen LogP contribution in [0.4, 0.5) is 5.69 Å². The first-order valence-electron chi connectivity index (χ1n) is 8.19. The van der Waals surface area contributed by atoms with Crippen LogP contribution in [0.3, 0.4) is 0 Å². The molecule has 1 N–H and O–H groups in total. The Balaban J connectivity index is 1.75. The van der Waals surface area contributed by atoms with Gasteiger partial charge >= 0.3 is 0 Å². The third-order valence-electron chi connectivity index (χ3n) is 4.11. The van der Waals surface area contributed by atoms with Crippen LogP contribution in [0.1, 0.15) is 28.4 Å². The minimum atomic E-state index is -0.106. The van der Waals surface area contributed by atoms with Gasteiger partial charge in [0, 0.05) is 26.6 Å². The van der Waals surface area contributed by atoms with Gasteiger partial charge in [-0.05, 0) is 83.5 Å². The van der Waals surface area contributed by atoms with Gasteiger partial charge in [-0.25, -0.2) is 0 Å². The lowest BCUT2D eigenvalue weighted by atomic mass is 10.1. The maximum Gasteiger partial charge on any atom is 0.255 e. The zero-order chi connectivity index (χ0) is 17.8. The maximum atomic E-state index is 12.5. The van der Waals surface area contributed by atoms with E-state index in [2.05, 4.69) is 45.9 Å². The van der Waals surface area contributed by atoms with Crippen molar-refractivity contribution >= 4 is 34.2 Å². The molecule has 0 atom stereocenters. The Labute approximate surface area is 161 Å². The van der Waals surface area contributed by atoms with E-state index >= 15 is 0 Å². The number of anilines is 1. The lowest BCUT2D eigenvalue weighted by Gasteiger charge is -2.09. The zero-order valence-corrected chi connectivity index (χ0v) is 16.4. The lowest BCUT2D eigenvalue weighted by Crippen LogP contribution is -2.12. The van der Waals surface area contributed by atoms with Gasteiger partial charge in [-0.15, -0.1) is 0 Å². The molecule has 4 heteroatoms. The van der Waals surface area contributed by atoms with Crippen LogP contribution in [-0.4, -0.2) is 10.9 Å². The molecule has 0 saturated carbocycles. The second-order valence-corrected chi connectivity index (χ2v) is 7.14. The number of hydrogen-bond donors (Lipinski definition) is 1. The SMILES string of the molecule is CCc1ccc(-c2ccc(C(=O)Nc3ccc(I)cc3C)cc2)nc1. The van der Waals surface area contributed by atoms with Gasteiger partial charge in [-0.2, -0.15) is 0 Å². The summed E-state index contributed by atoms with van der Waals surface area (Å²) in [6.07, 6.45) is 2.87. The molecule has 3 nitrogen and oxygen atoms in total. The average Bonchev–Trinajstić information content (AvgIpc) is 2.64. The molecule has 0 unspecified atom stereocenters. The summed E-state index contributed by atoms with van der Waals surface area (Å²) in [5.74, 6) is -0.106. The minimum absolute atomic E-state index is 0.106. The number of benzene rings is 2. The van der Waals surface area contributed by atoms with E-state index in [9.17, 15) is 4.79 Å². The summed E-state index contributed by atoms with van der Waals surface area (Å²) in [7, 11) is 0. The molecule has 1 heterocycles. The van der Waals surface area contributed by atoms with Gasteiger partial charge < -0.3 is 5.32 Å². The van der Waals surface area contributed by atoms with Crippen LogP contribution in [-0.2, 0) is 6.42 Å². The molecular formula is C21H19IN2O. The lowest BCUT2D eigenvalue weighted by molar-refractivity contribution is 0.102. The number of hydrogen-bond acceptors (Lipinski definition) is 2. The first kappa shape index (κ1) is 17.6. The van der Waals surface area contributed by atoms with Crippen molar-refractivity contribution in [1.29, 1.82) is 0 Å². The van der Waals surface area contributed by atoms with Gasteiger partial charge in [-0.1, -0.05) is 25.1 Å². The van der Waals surface area contributed by atoms with Crippen LogP contribution < -0.4 is 5.32 Å². The van der Waals surface area contributed by atoms with Gasteiger partial charge in [0.1, 0.15) is 0 Å². The van der Waals surface area contributed by atoms with Crippen molar-refractivity contribution in [2.75, 3.05) is 5.32 Å². The molecule has 0 fully saturated rings. The number of rotatable bonds is 4. The Kier molecular flexibility index (Phi) is 5.48. The van der Waals surface area contributed by atoms with Crippen molar-refractivity contribution in [1.82, 2.24) is 4.98 Å². The molecule has 25 heavy (non-hydrogen) atoms. The first-order chi connectivity index (χ1) is 12.1. The van der Waals surface area contributed by atoms with E-state index in [1.54, 1.807) is 0 Å². The van der Waals surface area contributed by atoms with Gasteiger partial charge in [-0.3, -0.25) is 9.78 Å². The molecule has 3 rings (SSSR count). The number of amides is 1. The van der Waals surface area contributed by atoms with Crippen LogP contribution in [0.15, 0.2) is 60.8 Å². The number of aromatic nitrogens is 1. The van der Waals surface area contributed by atoms with Crippen LogP contribution in [0.25, 0.3) is 11.3 Å². The van der Waals surface area contributed by atoms with Gasteiger partial charge in [0.15, 0.2) is 0 Å². The molecule has 0 bridgehead atoms. The van der Waals surface area contributed by atoms with E-state index in [1.165, 1.54) is 5.56 Å².